The van der Waals surface area contributed by atoms with E-state index in [2.05, 4.69) is 10.6 Å². The molecule has 1 atom stereocenters. The number of nitrogens with one attached hydrogen (secondary N) is 2. The largest absolute Gasteiger partial charge is 0.347 e. The molecular formula is C13H18FN3O2. The van der Waals surface area contributed by atoms with E-state index in [9.17, 15) is 14.0 Å². The van der Waals surface area contributed by atoms with Crippen LogP contribution in [-0.2, 0) is 9.59 Å². The average Bonchev–Trinajstić information content (AvgIpc) is 2.37. The van der Waals surface area contributed by atoms with Gasteiger partial charge in [-0.3, -0.25) is 14.9 Å². The number of carbonyl (C=O) groups excluding carboxylic acids is 2. The molecule has 0 fully saturated rings. The quantitative estimate of drug-likeness (QED) is 0.830. The molecule has 0 aliphatic carbocycles. The van der Waals surface area contributed by atoms with Crippen molar-refractivity contribution in [2.24, 2.45) is 0 Å². The third-order valence-corrected chi connectivity index (χ3v) is 2.51. The number of nitrogens with zero attached hydrogens (tertiary/aromatic N) is 1. The van der Waals surface area contributed by atoms with E-state index < -0.39 is 6.04 Å². The summed E-state index contributed by atoms with van der Waals surface area (Å²) in [4.78, 5) is 24.6. The molecule has 2 N–H and O–H groups in total. The van der Waals surface area contributed by atoms with Gasteiger partial charge in [0, 0.05) is 19.8 Å². The Hall–Kier alpha value is -1.95. The van der Waals surface area contributed by atoms with E-state index in [0.717, 1.165) is 0 Å². The molecule has 0 radical (unpaired) electrons. The molecule has 19 heavy (non-hydrogen) atoms. The Bertz CT molecular complexity index is 446. The highest BCUT2D eigenvalue weighted by atomic mass is 19.1. The fourth-order valence-electron chi connectivity index (χ4n) is 1.46. The predicted molar refractivity (Wildman–Crippen MR) is 71.2 cm³/mol. The summed E-state index contributed by atoms with van der Waals surface area (Å²) in [6.07, 6.45) is 0. The maximum absolute atomic E-state index is 12.7. The molecule has 0 aliphatic heterocycles. The number of halogens is 1. The minimum Gasteiger partial charge on any atom is -0.347 e. The minimum atomic E-state index is -0.436. The minimum absolute atomic E-state index is 0.0120. The monoisotopic (exact) mass is 267 g/mol. The summed E-state index contributed by atoms with van der Waals surface area (Å²) in [5.74, 6) is -0.749. The second kappa shape index (κ2) is 6.84. The van der Waals surface area contributed by atoms with Gasteiger partial charge in [0.2, 0.25) is 11.8 Å². The highest BCUT2D eigenvalue weighted by Gasteiger charge is 2.15. The van der Waals surface area contributed by atoms with Crippen molar-refractivity contribution in [2.45, 2.75) is 13.0 Å². The van der Waals surface area contributed by atoms with Crippen molar-refractivity contribution in [1.82, 2.24) is 10.2 Å². The van der Waals surface area contributed by atoms with E-state index in [1.165, 1.54) is 29.2 Å². The Balaban J connectivity index is 2.40. The summed E-state index contributed by atoms with van der Waals surface area (Å²) in [6.45, 7) is 1.70. The fraction of sp³-hybridized carbons (Fsp3) is 0.385. The molecule has 0 bridgehead atoms. The van der Waals surface area contributed by atoms with Crippen molar-refractivity contribution in [1.29, 1.82) is 0 Å². The molecule has 1 aromatic rings. The number of likely N-dealkylation sites (N-methyl/N-ethyl adjacent to an activating group) is 1. The Morgan fingerprint density at radius 2 is 1.84 bits per heavy atom. The fourth-order valence-corrected chi connectivity index (χ4v) is 1.46. The molecule has 6 heteroatoms. The smallest absolute Gasteiger partial charge is 0.238 e. The summed E-state index contributed by atoms with van der Waals surface area (Å²) in [5, 5.41) is 5.42. The number of benzene rings is 1. The normalized spacial score (nSPS) is 11.8. The number of hydrogen-bond acceptors (Lipinski definition) is 3. The SMILES string of the molecule is CC(NCC(=O)Nc1ccc(F)cc1)C(=O)N(C)C. The third-order valence-electron chi connectivity index (χ3n) is 2.51. The van der Waals surface area contributed by atoms with Gasteiger partial charge in [-0.2, -0.15) is 0 Å². The predicted octanol–water partition coefficient (Wildman–Crippen LogP) is 0.830. The Kier molecular flexibility index (Phi) is 5.44. The lowest BCUT2D eigenvalue weighted by Crippen LogP contribution is -2.44. The molecule has 5 nitrogen and oxygen atoms in total. The summed E-state index contributed by atoms with van der Waals surface area (Å²) in [5.41, 5.74) is 0.514. The topological polar surface area (TPSA) is 61.4 Å². The Morgan fingerprint density at radius 1 is 1.26 bits per heavy atom. The van der Waals surface area contributed by atoms with Crippen LogP contribution in [0.25, 0.3) is 0 Å². The van der Waals surface area contributed by atoms with Crippen LogP contribution in [0.15, 0.2) is 24.3 Å². The van der Waals surface area contributed by atoms with Gasteiger partial charge < -0.3 is 10.2 Å². The van der Waals surface area contributed by atoms with Crippen LogP contribution < -0.4 is 10.6 Å². The van der Waals surface area contributed by atoms with Crippen molar-refractivity contribution in [3.63, 3.8) is 0 Å². The number of amides is 2. The van der Waals surface area contributed by atoms with Gasteiger partial charge in [-0.25, -0.2) is 4.39 Å². The number of anilines is 1. The van der Waals surface area contributed by atoms with Crippen LogP contribution in [0.2, 0.25) is 0 Å². The third kappa shape index (κ3) is 5.05. The molecule has 0 saturated heterocycles. The average molecular weight is 267 g/mol. The van der Waals surface area contributed by atoms with E-state index >= 15 is 0 Å². The summed E-state index contributed by atoms with van der Waals surface area (Å²) in [6, 6.07) is 5.04. The molecule has 1 rings (SSSR count). The van der Waals surface area contributed by atoms with Crippen LogP contribution in [0.3, 0.4) is 0 Å². The van der Waals surface area contributed by atoms with Crippen molar-refractivity contribution >= 4 is 17.5 Å². The van der Waals surface area contributed by atoms with E-state index in [0.29, 0.717) is 5.69 Å². The van der Waals surface area contributed by atoms with E-state index in [4.69, 9.17) is 0 Å². The van der Waals surface area contributed by atoms with Crippen LogP contribution in [0, 0.1) is 5.82 Å². The van der Waals surface area contributed by atoms with Gasteiger partial charge in [0.25, 0.3) is 0 Å². The summed E-state index contributed by atoms with van der Waals surface area (Å²) >= 11 is 0. The van der Waals surface area contributed by atoms with E-state index in [1.807, 2.05) is 0 Å². The lowest BCUT2D eigenvalue weighted by atomic mass is 10.3. The van der Waals surface area contributed by atoms with Crippen LogP contribution >= 0.6 is 0 Å². The maximum Gasteiger partial charge on any atom is 0.238 e. The lowest BCUT2D eigenvalue weighted by molar-refractivity contribution is -0.130. The van der Waals surface area contributed by atoms with Crippen molar-refractivity contribution in [2.75, 3.05) is 26.0 Å². The molecule has 0 aliphatic rings. The lowest BCUT2D eigenvalue weighted by Gasteiger charge is -2.17. The molecule has 0 spiro atoms. The molecule has 104 valence electrons. The Morgan fingerprint density at radius 3 is 2.37 bits per heavy atom. The zero-order valence-corrected chi connectivity index (χ0v) is 11.2. The van der Waals surface area contributed by atoms with Gasteiger partial charge in [-0.15, -0.1) is 0 Å². The first-order chi connectivity index (χ1) is 8.90. The zero-order valence-electron chi connectivity index (χ0n) is 11.2. The highest BCUT2D eigenvalue weighted by Crippen LogP contribution is 2.07. The van der Waals surface area contributed by atoms with E-state index in [1.54, 1.807) is 21.0 Å². The first-order valence-corrected chi connectivity index (χ1v) is 5.90. The van der Waals surface area contributed by atoms with Gasteiger partial charge in [0.1, 0.15) is 5.82 Å². The number of rotatable bonds is 5. The van der Waals surface area contributed by atoms with Crippen LogP contribution in [-0.4, -0.2) is 43.4 Å². The van der Waals surface area contributed by atoms with Crippen molar-refractivity contribution < 1.29 is 14.0 Å². The van der Waals surface area contributed by atoms with Crippen molar-refractivity contribution in [3.8, 4) is 0 Å². The second-order valence-corrected chi connectivity index (χ2v) is 4.39. The van der Waals surface area contributed by atoms with Gasteiger partial charge in [-0.1, -0.05) is 0 Å². The highest BCUT2D eigenvalue weighted by molar-refractivity contribution is 5.92. The zero-order chi connectivity index (χ0) is 14.4. The van der Waals surface area contributed by atoms with Gasteiger partial charge in [0.05, 0.1) is 12.6 Å². The number of hydrogen-bond donors (Lipinski definition) is 2. The molecule has 2 amide bonds. The maximum atomic E-state index is 12.7. The van der Waals surface area contributed by atoms with E-state index in [-0.39, 0.29) is 24.2 Å². The van der Waals surface area contributed by atoms with Crippen LogP contribution in [0.1, 0.15) is 6.92 Å². The summed E-state index contributed by atoms with van der Waals surface area (Å²) < 4.78 is 12.7. The molecule has 0 aromatic heterocycles. The first-order valence-electron chi connectivity index (χ1n) is 5.90. The standard InChI is InChI=1S/C13H18FN3O2/c1-9(13(19)17(2)3)15-8-12(18)16-11-6-4-10(14)5-7-11/h4-7,9,15H,8H2,1-3H3,(H,16,18). The first kappa shape index (κ1) is 15.1. The molecule has 0 saturated carbocycles. The molecular weight excluding hydrogens is 249 g/mol. The molecule has 0 heterocycles. The van der Waals surface area contributed by atoms with Gasteiger partial charge in [-0.05, 0) is 31.2 Å². The van der Waals surface area contributed by atoms with Crippen LogP contribution in [0.5, 0.6) is 0 Å². The number of carbonyl (C=O) groups is 2. The van der Waals surface area contributed by atoms with Gasteiger partial charge in [0.15, 0.2) is 0 Å². The Labute approximate surface area is 111 Å². The second-order valence-electron chi connectivity index (χ2n) is 4.39. The molecule has 1 aromatic carbocycles. The molecule has 1 unspecified atom stereocenters. The van der Waals surface area contributed by atoms with Crippen molar-refractivity contribution in [3.05, 3.63) is 30.1 Å². The summed E-state index contributed by atoms with van der Waals surface area (Å²) in [7, 11) is 3.30. The van der Waals surface area contributed by atoms with Crippen LogP contribution in [0.4, 0.5) is 10.1 Å². The van der Waals surface area contributed by atoms with Gasteiger partial charge >= 0.3 is 0 Å².